The summed E-state index contributed by atoms with van der Waals surface area (Å²) >= 11 is 0. The Labute approximate surface area is 242 Å². The Morgan fingerprint density at radius 2 is 0.615 bits per heavy atom. The summed E-state index contributed by atoms with van der Waals surface area (Å²) in [5.74, 6) is 0. The van der Waals surface area contributed by atoms with E-state index in [2.05, 4.69) is 107 Å². The number of nitrogens with two attached hydrogens (primary N) is 2. The molecule has 0 unspecified atom stereocenters. The molecule has 0 amide bonds. The summed E-state index contributed by atoms with van der Waals surface area (Å²) in [6.45, 7) is 27.8. The van der Waals surface area contributed by atoms with Crippen molar-refractivity contribution < 1.29 is 0 Å². The number of anilines is 2. The fourth-order valence-electron chi connectivity index (χ4n) is 5.01. The molecule has 0 aliphatic rings. The van der Waals surface area contributed by atoms with Crippen molar-refractivity contribution in [3.8, 4) is 0 Å². The van der Waals surface area contributed by atoms with Gasteiger partial charge in [0.15, 0.2) is 0 Å². The third kappa shape index (κ3) is 12.4. The molecule has 2 aromatic rings. The summed E-state index contributed by atoms with van der Waals surface area (Å²) in [6, 6.07) is 9.56. The van der Waals surface area contributed by atoms with Crippen molar-refractivity contribution in [2.75, 3.05) is 11.5 Å². The molecule has 2 heteroatoms. The van der Waals surface area contributed by atoms with Gasteiger partial charge in [0.1, 0.15) is 0 Å². The molecule has 2 rings (SSSR count). The second-order valence-electron chi connectivity index (χ2n) is 17.1. The summed E-state index contributed by atoms with van der Waals surface area (Å²) in [6.07, 6.45) is 9.58. The third-order valence-electron chi connectivity index (χ3n) is 7.81. The Morgan fingerprint density at radius 3 is 0.795 bits per heavy atom. The van der Waals surface area contributed by atoms with E-state index in [0.29, 0.717) is 0 Å². The molecule has 39 heavy (non-hydrogen) atoms. The molecular formula is C37H62N2. The first kappa shape index (κ1) is 33.2. The molecule has 0 spiro atoms. The number of nitrogen functional groups attached to an aromatic ring is 2. The number of hydrogen-bond acceptors (Lipinski definition) is 2. The Hall–Kier alpha value is -1.96. The van der Waals surface area contributed by atoms with E-state index in [-0.39, 0.29) is 21.7 Å². The molecule has 4 N–H and O–H groups in total. The van der Waals surface area contributed by atoms with Crippen LogP contribution in [0.1, 0.15) is 142 Å². The van der Waals surface area contributed by atoms with Crippen LogP contribution in [0.2, 0.25) is 0 Å². The molecule has 2 aromatic carbocycles. The van der Waals surface area contributed by atoms with Crippen molar-refractivity contribution in [3.05, 3.63) is 57.6 Å². The number of aryl methyl sites for hydroxylation is 4. The SMILES string of the molecule is CC(C)(C)CCc1cc(Cc2cc(CCC(C)(C)C)c(N)c(CCC(C)(C)C)c2)cc(CCC(C)(C)C)c1N. The van der Waals surface area contributed by atoms with Gasteiger partial charge in [0.2, 0.25) is 0 Å². The van der Waals surface area contributed by atoms with Gasteiger partial charge in [-0.2, -0.15) is 0 Å². The Morgan fingerprint density at radius 1 is 0.410 bits per heavy atom. The largest absolute Gasteiger partial charge is 0.398 e. The summed E-state index contributed by atoms with van der Waals surface area (Å²) in [5, 5.41) is 0. The monoisotopic (exact) mass is 534 g/mol. The van der Waals surface area contributed by atoms with Crippen molar-refractivity contribution in [1.82, 2.24) is 0 Å². The first-order valence-corrected chi connectivity index (χ1v) is 15.4. The van der Waals surface area contributed by atoms with E-state index in [1.54, 1.807) is 0 Å². The summed E-state index contributed by atoms with van der Waals surface area (Å²) < 4.78 is 0. The van der Waals surface area contributed by atoms with Crippen molar-refractivity contribution in [2.24, 2.45) is 21.7 Å². The van der Waals surface area contributed by atoms with Gasteiger partial charge in [0.05, 0.1) is 0 Å². The van der Waals surface area contributed by atoms with Crippen molar-refractivity contribution in [1.29, 1.82) is 0 Å². The smallest absolute Gasteiger partial charge is 0.0379 e. The van der Waals surface area contributed by atoms with Gasteiger partial charge in [-0.25, -0.2) is 0 Å². The number of hydrogen-bond donors (Lipinski definition) is 2. The van der Waals surface area contributed by atoms with E-state index in [0.717, 1.165) is 69.2 Å². The number of benzene rings is 2. The van der Waals surface area contributed by atoms with Gasteiger partial charge in [0, 0.05) is 11.4 Å². The zero-order valence-electron chi connectivity index (χ0n) is 27.8. The summed E-state index contributed by atoms with van der Waals surface area (Å²) in [7, 11) is 0. The molecule has 0 saturated carbocycles. The molecule has 2 nitrogen and oxygen atoms in total. The van der Waals surface area contributed by atoms with E-state index < -0.39 is 0 Å². The standard InChI is InChI=1S/C37H62N2/c1-34(2,3)17-13-28-22-26(23-29(32(28)38)14-18-35(4,5)6)21-27-24-30(15-19-36(7,8)9)33(39)31(25-27)16-20-37(10,11)12/h22-25H,13-21,38-39H2,1-12H3. The molecule has 0 atom stereocenters. The second kappa shape index (κ2) is 12.7. The molecule has 0 fully saturated rings. The van der Waals surface area contributed by atoms with E-state index in [9.17, 15) is 0 Å². The fourth-order valence-corrected chi connectivity index (χ4v) is 5.01. The minimum Gasteiger partial charge on any atom is -0.398 e. The predicted molar refractivity (Wildman–Crippen MR) is 176 cm³/mol. The minimum absolute atomic E-state index is 0.287. The highest BCUT2D eigenvalue weighted by atomic mass is 14.6. The van der Waals surface area contributed by atoms with Crippen LogP contribution in [0.5, 0.6) is 0 Å². The lowest BCUT2D eigenvalue weighted by Gasteiger charge is -2.23. The zero-order valence-corrected chi connectivity index (χ0v) is 27.8. The average molecular weight is 535 g/mol. The highest BCUT2D eigenvalue weighted by molar-refractivity contribution is 5.59. The van der Waals surface area contributed by atoms with Crippen molar-refractivity contribution in [2.45, 2.75) is 141 Å². The van der Waals surface area contributed by atoms with Crippen LogP contribution in [0, 0.1) is 21.7 Å². The van der Waals surface area contributed by atoms with Crippen LogP contribution in [0.15, 0.2) is 24.3 Å². The van der Waals surface area contributed by atoms with Gasteiger partial charge in [-0.05, 0) is 113 Å². The first-order valence-electron chi connectivity index (χ1n) is 15.4. The van der Waals surface area contributed by atoms with Crippen LogP contribution in [-0.4, -0.2) is 0 Å². The van der Waals surface area contributed by atoms with Gasteiger partial charge in [-0.1, -0.05) is 107 Å². The molecule has 0 aliphatic heterocycles. The van der Waals surface area contributed by atoms with Crippen LogP contribution in [-0.2, 0) is 32.1 Å². The summed E-state index contributed by atoms with van der Waals surface area (Å²) in [5.41, 5.74) is 24.9. The van der Waals surface area contributed by atoms with Crippen LogP contribution in [0.4, 0.5) is 11.4 Å². The zero-order chi connectivity index (χ0) is 29.8. The second-order valence-corrected chi connectivity index (χ2v) is 17.1. The molecule has 0 heterocycles. The molecular weight excluding hydrogens is 472 g/mol. The quantitative estimate of drug-likeness (QED) is 0.298. The van der Waals surface area contributed by atoms with Gasteiger partial charge < -0.3 is 11.5 Å². The fraction of sp³-hybridized carbons (Fsp3) is 0.676. The first-order chi connectivity index (χ1) is 17.6. The highest BCUT2D eigenvalue weighted by Gasteiger charge is 2.19. The Kier molecular flexibility index (Phi) is 10.8. The maximum atomic E-state index is 6.82. The van der Waals surface area contributed by atoms with Crippen LogP contribution in [0.25, 0.3) is 0 Å². The maximum absolute atomic E-state index is 6.82. The topological polar surface area (TPSA) is 52.0 Å². The summed E-state index contributed by atoms with van der Waals surface area (Å²) in [4.78, 5) is 0. The van der Waals surface area contributed by atoms with E-state index >= 15 is 0 Å². The van der Waals surface area contributed by atoms with Crippen LogP contribution < -0.4 is 11.5 Å². The molecule has 220 valence electrons. The van der Waals surface area contributed by atoms with Crippen LogP contribution in [0.3, 0.4) is 0 Å². The molecule has 0 bridgehead atoms. The number of rotatable bonds is 10. The maximum Gasteiger partial charge on any atom is 0.0379 e. The molecule has 0 aromatic heterocycles. The lowest BCUT2D eigenvalue weighted by Crippen LogP contribution is -2.12. The molecule has 0 radical (unpaired) electrons. The van der Waals surface area contributed by atoms with Gasteiger partial charge in [0.25, 0.3) is 0 Å². The Bertz CT molecular complexity index is 913. The third-order valence-corrected chi connectivity index (χ3v) is 7.81. The normalized spacial score (nSPS) is 13.2. The van der Waals surface area contributed by atoms with E-state index in [1.807, 2.05) is 0 Å². The Balaban J connectivity index is 2.51. The lowest BCUT2D eigenvalue weighted by atomic mass is 9.83. The highest BCUT2D eigenvalue weighted by Crippen LogP contribution is 2.33. The average Bonchev–Trinajstić information content (AvgIpc) is 2.75. The minimum atomic E-state index is 0.287. The van der Waals surface area contributed by atoms with Gasteiger partial charge in [-0.15, -0.1) is 0 Å². The van der Waals surface area contributed by atoms with Gasteiger partial charge >= 0.3 is 0 Å². The lowest BCUT2D eigenvalue weighted by molar-refractivity contribution is 0.376. The molecule has 0 aliphatic carbocycles. The van der Waals surface area contributed by atoms with E-state index in [4.69, 9.17) is 11.5 Å². The van der Waals surface area contributed by atoms with Crippen molar-refractivity contribution in [3.63, 3.8) is 0 Å². The van der Waals surface area contributed by atoms with Crippen LogP contribution >= 0.6 is 0 Å². The molecule has 0 saturated heterocycles. The van der Waals surface area contributed by atoms with E-state index in [1.165, 1.54) is 33.4 Å². The van der Waals surface area contributed by atoms with Crippen molar-refractivity contribution >= 4 is 11.4 Å². The van der Waals surface area contributed by atoms with Gasteiger partial charge in [-0.3, -0.25) is 0 Å². The predicted octanol–water partition coefficient (Wildman–Crippen LogP) is 10.4.